The van der Waals surface area contributed by atoms with Crippen LogP contribution >= 0.6 is 15.9 Å². The summed E-state index contributed by atoms with van der Waals surface area (Å²) < 4.78 is 11.8. The summed E-state index contributed by atoms with van der Waals surface area (Å²) in [7, 11) is 0. The number of fused-ring (bicyclic) bond motifs is 1. The Morgan fingerprint density at radius 2 is 1.95 bits per heavy atom. The van der Waals surface area contributed by atoms with E-state index in [1.807, 2.05) is 12.1 Å². The van der Waals surface area contributed by atoms with Gasteiger partial charge < -0.3 is 19.7 Å². The quantitative estimate of drug-likeness (QED) is 0.736. The Hall–Kier alpha value is -0.780. The van der Waals surface area contributed by atoms with Gasteiger partial charge in [0.1, 0.15) is 0 Å². The van der Waals surface area contributed by atoms with Crippen molar-refractivity contribution in [3.63, 3.8) is 0 Å². The molecule has 1 N–H and O–H groups in total. The van der Waals surface area contributed by atoms with Crippen LogP contribution in [0.4, 0.5) is 0 Å². The molecule has 0 saturated heterocycles. The van der Waals surface area contributed by atoms with Gasteiger partial charge in [0.2, 0.25) is 6.79 Å². The Morgan fingerprint density at radius 3 is 2.65 bits per heavy atom. The van der Waals surface area contributed by atoms with E-state index in [2.05, 4.69) is 40.0 Å². The largest absolute Gasteiger partial charge is 0.454 e. The SMILES string of the molecule is CCCN(CC)CCNCc1cc2c(cc1Br)OCO2. The summed E-state index contributed by atoms with van der Waals surface area (Å²) in [6.45, 7) is 9.96. The molecule has 1 aliphatic rings. The molecule has 0 aliphatic carbocycles. The van der Waals surface area contributed by atoms with Gasteiger partial charge in [0, 0.05) is 24.1 Å². The highest BCUT2D eigenvalue weighted by Gasteiger charge is 2.15. The van der Waals surface area contributed by atoms with Crippen LogP contribution in [0.3, 0.4) is 0 Å². The first-order valence-corrected chi connectivity index (χ1v) is 8.05. The zero-order valence-electron chi connectivity index (χ0n) is 12.2. The zero-order chi connectivity index (χ0) is 14.4. The molecule has 0 amide bonds. The third-order valence-corrected chi connectivity index (χ3v) is 4.19. The van der Waals surface area contributed by atoms with E-state index in [1.165, 1.54) is 18.5 Å². The summed E-state index contributed by atoms with van der Waals surface area (Å²) >= 11 is 3.58. The Bertz CT molecular complexity index is 440. The second kappa shape index (κ2) is 7.86. The van der Waals surface area contributed by atoms with Crippen molar-refractivity contribution >= 4 is 15.9 Å². The molecule has 2 rings (SSSR count). The van der Waals surface area contributed by atoms with E-state index in [4.69, 9.17) is 9.47 Å². The van der Waals surface area contributed by atoms with Gasteiger partial charge in [-0.25, -0.2) is 0 Å². The normalized spacial score (nSPS) is 13.2. The second-order valence-corrected chi connectivity index (χ2v) is 5.76. The number of hydrogen-bond donors (Lipinski definition) is 1. The average molecular weight is 343 g/mol. The molecular weight excluding hydrogens is 320 g/mol. The molecular formula is C15H23BrN2O2. The van der Waals surface area contributed by atoms with Crippen molar-refractivity contribution in [1.82, 2.24) is 10.2 Å². The first-order valence-electron chi connectivity index (χ1n) is 7.25. The smallest absolute Gasteiger partial charge is 0.231 e. The van der Waals surface area contributed by atoms with Crippen molar-refractivity contribution in [3.8, 4) is 11.5 Å². The van der Waals surface area contributed by atoms with Gasteiger partial charge in [0.15, 0.2) is 11.5 Å². The summed E-state index contributed by atoms with van der Waals surface area (Å²) in [6.07, 6.45) is 1.21. The predicted molar refractivity (Wildman–Crippen MR) is 84.4 cm³/mol. The minimum Gasteiger partial charge on any atom is -0.454 e. The van der Waals surface area contributed by atoms with Gasteiger partial charge in [-0.3, -0.25) is 0 Å². The van der Waals surface area contributed by atoms with Crippen molar-refractivity contribution in [2.24, 2.45) is 0 Å². The van der Waals surface area contributed by atoms with Gasteiger partial charge in [0.05, 0.1) is 0 Å². The summed E-state index contributed by atoms with van der Waals surface area (Å²) in [5.41, 5.74) is 1.20. The van der Waals surface area contributed by atoms with Gasteiger partial charge in [-0.1, -0.05) is 29.8 Å². The number of ether oxygens (including phenoxy) is 2. The number of hydrogen-bond acceptors (Lipinski definition) is 4. The highest BCUT2D eigenvalue weighted by Crippen LogP contribution is 2.36. The van der Waals surface area contributed by atoms with Crippen LogP contribution in [-0.2, 0) is 6.54 Å². The molecule has 0 unspecified atom stereocenters. The summed E-state index contributed by atoms with van der Waals surface area (Å²) in [5, 5.41) is 3.49. The molecule has 20 heavy (non-hydrogen) atoms. The van der Waals surface area contributed by atoms with Gasteiger partial charge in [0.25, 0.3) is 0 Å². The molecule has 0 aromatic heterocycles. The van der Waals surface area contributed by atoms with Crippen LogP contribution in [0.5, 0.6) is 11.5 Å². The second-order valence-electron chi connectivity index (χ2n) is 4.91. The molecule has 0 atom stereocenters. The maximum Gasteiger partial charge on any atom is 0.231 e. The van der Waals surface area contributed by atoms with E-state index >= 15 is 0 Å². The van der Waals surface area contributed by atoms with Crippen molar-refractivity contribution in [2.75, 3.05) is 33.0 Å². The third-order valence-electron chi connectivity index (χ3n) is 3.45. The lowest BCUT2D eigenvalue weighted by Gasteiger charge is -2.19. The van der Waals surface area contributed by atoms with Gasteiger partial charge in [-0.15, -0.1) is 0 Å². The van der Waals surface area contributed by atoms with E-state index in [0.717, 1.165) is 42.2 Å². The Morgan fingerprint density at radius 1 is 1.20 bits per heavy atom. The first kappa shape index (κ1) is 15.6. The lowest BCUT2D eigenvalue weighted by molar-refractivity contribution is 0.174. The predicted octanol–water partition coefficient (Wildman–Crippen LogP) is 3.00. The fourth-order valence-electron chi connectivity index (χ4n) is 2.30. The highest BCUT2D eigenvalue weighted by atomic mass is 79.9. The maximum absolute atomic E-state index is 5.41. The molecule has 1 aromatic rings. The van der Waals surface area contributed by atoms with Gasteiger partial charge >= 0.3 is 0 Å². The Labute approximate surface area is 129 Å². The molecule has 5 heteroatoms. The minimum absolute atomic E-state index is 0.321. The number of likely N-dealkylation sites (N-methyl/N-ethyl adjacent to an activating group) is 1. The van der Waals surface area contributed by atoms with E-state index in [-0.39, 0.29) is 0 Å². The summed E-state index contributed by atoms with van der Waals surface area (Å²) in [4.78, 5) is 2.46. The van der Waals surface area contributed by atoms with Gasteiger partial charge in [-0.2, -0.15) is 0 Å². The van der Waals surface area contributed by atoms with E-state index < -0.39 is 0 Å². The van der Waals surface area contributed by atoms with Crippen LogP contribution in [0.25, 0.3) is 0 Å². The topological polar surface area (TPSA) is 33.7 Å². The van der Waals surface area contributed by atoms with Crippen molar-refractivity contribution in [2.45, 2.75) is 26.8 Å². The van der Waals surface area contributed by atoms with Crippen LogP contribution in [0.2, 0.25) is 0 Å². The van der Waals surface area contributed by atoms with E-state index in [1.54, 1.807) is 0 Å². The van der Waals surface area contributed by atoms with Crippen LogP contribution in [0, 0.1) is 0 Å². The van der Waals surface area contributed by atoms with Crippen LogP contribution in [0.1, 0.15) is 25.8 Å². The summed E-state index contributed by atoms with van der Waals surface area (Å²) in [6, 6.07) is 4.03. The first-order chi connectivity index (χ1) is 9.74. The van der Waals surface area contributed by atoms with Crippen LogP contribution < -0.4 is 14.8 Å². The lowest BCUT2D eigenvalue weighted by Crippen LogP contribution is -2.32. The fraction of sp³-hybridized carbons (Fsp3) is 0.600. The molecule has 0 radical (unpaired) electrons. The van der Waals surface area contributed by atoms with Crippen molar-refractivity contribution < 1.29 is 9.47 Å². The Balaban J connectivity index is 1.79. The maximum atomic E-state index is 5.41. The number of rotatable bonds is 8. The Kier molecular flexibility index (Phi) is 6.13. The van der Waals surface area contributed by atoms with Crippen LogP contribution in [-0.4, -0.2) is 37.9 Å². The molecule has 1 aromatic carbocycles. The molecule has 1 aliphatic heterocycles. The van der Waals surface area contributed by atoms with Gasteiger partial charge in [-0.05, 0) is 37.2 Å². The minimum atomic E-state index is 0.321. The zero-order valence-corrected chi connectivity index (χ0v) is 13.8. The molecule has 0 spiro atoms. The number of benzene rings is 1. The van der Waals surface area contributed by atoms with E-state index in [9.17, 15) is 0 Å². The fourth-order valence-corrected chi connectivity index (χ4v) is 2.76. The lowest BCUT2D eigenvalue weighted by atomic mass is 10.2. The van der Waals surface area contributed by atoms with Crippen molar-refractivity contribution in [3.05, 3.63) is 22.2 Å². The van der Waals surface area contributed by atoms with Crippen molar-refractivity contribution in [1.29, 1.82) is 0 Å². The number of halogens is 1. The molecule has 0 bridgehead atoms. The number of nitrogens with one attached hydrogen (secondary N) is 1. The standard InChI is InChI=1S/C15H23BrN2O2/c1-3-6-18(4-2)7-5-17-10-12-8-14-15(9-13(12)16)20-11-19-14/h8-9,17H,3-7,10-11H2,1-2H3. The van der Waals surface area contributed by atoms with Crippen LogP contribution in [0.15, 0.2) is 16.6 Å². The molecule has 1 heterocycles. The monoisotopic (exact) mass is 342 g/mol. The molecule has 0 fully saturated rings. The number of nitrogens with zero attached hydrogens (tertiary/aromatic N) is 1. The molecule has 4 nitrogen and oxygen atoms in total. The van der Waals surface area contributed by atoms with E-state index in [0.29, 0.717) is 6.79 Å². The molecule has 0 saturated carbocycles. The summed E-state index contributed by atoms with van der Waals surface area (Å²) in [5.74, 6) is 1.66. The highest BCUT2D eigenvalue weighted by molar-refractivity contribution is 9.10. The third kappa shape index (κ3) is 4.11. The average Bonchev–Trinajstić information content (AvgIpc) is 2.89. The molecule has 112 valence electrons.